The summed E-state index contributed by atoms with van der Waals surface area (Å²) in [5.74, 6) is 0. The first-order valence-electron chi connectivity index (χ1n) is 7.08. The fourth-order valence-electron chi connectivity index (χ4n) is 2.52. The zero-order valence-corrected chi connectivity index (χ0v) is 11.9. The second kappa shape index (κ2) is 6.04. The lowest BCUT2D eigenvalue weighted by atomic mass is 10.0. The molecule has 1 aromatic rings. The van der Waals surface area contributed by atoms with Gasteiger partial charge in [-0.15, -0.1) is 0 Å². The molecular weight excluding hydrogens is 265 g/mol. The van der Waals surface area contributed by atoms with Crippen LogP contribution in [0, 0.1) is 0 Å². The van der Waals surface area contributed by atoms with Gasteiger partial charge < -0.3 is 10.2 Å². The van der Waals surface area contributed by atoms with Crippen LogP contribution in [0.5, 0.6) is 0 Å². The van der Waals surface area contributed by atoms with Crippen LogP contribution < -0.4 is 10.2 Å². The van der Waals surface area contributed by atoms with E-state index in [1.54, 1.807) is 6.07 Å². The highest BCUT2D eigenvalue weighted by Crippen LogP contribution is 2.37. The van der Waals surface area contributed by atoms with Gasteiger partial charge in [-0.1, -0.05) is 25.1 Å². The van der Waals surface area contributed by atoms with Gasteiger partial charge in [0.2, 0.25) is 0 Å². The van der Waals surface area contributed by atoms with E-state index in [4.69, 9.17) is 0 Å². The van der Waals surface area contributed by atoms with Crippen molar-refractivity contribution in [3.63, 3.8) is 0 Å². The second-order valence-corrected chi connectivity index (χ2v) is 5.31. The highest BCUT2D eigenvalue weighted by molar-refractivity contribution is 5.56. The summed E-state index contributed by atoms with van der Waals surface area (Å²) in [4.78, 5) is 1.52. The van der Waals surface area contributed by atoms with Crippen LogP contribution in [0.2, 0.25) is 0 Å². The van der Waals surface area contributed by atoms with Gasteiger partial charge >= 0.3 is 6.18 Å². The maximum Gasteiger partial charge on any atom is 0.405 e. The van der Waals surface area contributed by atoms with Gasteiger partial charge in [0, 0.05) is 17.8 Å². The minimum Gasteiger partial charge on any atom is -0.359 e. The lowest BCUT2D eigenvalue weighted by Crippen LogP contribution is -2.37. The van der Waals surface area contributed by atoms with Gasteiger partial charge in [-0.25, -0.2) is 0 Å². The van der Waals surface area contributed by atoms with E-state index in [0.717, 1.165) is 24.9 Å². The Kier molecular flexibility index (Phi) is 4.58. The number of nitrogens with zero attached hydrogens (tertiary/aromatic N) is 1. The molecule has 112 valence electrons. The van der Waals surface area contributed by atoms with Crippen molar-refractivity contribution in [1.29, 1.82) is 0 Å². The molecule has 5 heteroatoms. The van der Waals surface area contributed by atoms with Crippen LogP contribution >= 0.6 is 0 Å². The van der Waals surface area contributed by atoms with Crippen LogP contribution in [0.15, 0.2) is 24.3 Å². The maximum atomic E-state index is 12.8. The standard InChI is InChI=1S/C15H21F3N2/c1-3-19-11(2)13-6-4-5-7-14(13)20(12-8-9-12)10-15(16,17)18/h4-7,11-12,19H,3,8-10H2,1-2H3. The number of hydrogen-bond acceptors (Lipinski definition) is 2. The molecule has 2 nitrogen and oxygen atoms in total. The number of benzene rings is 1. The predicted molar refractivity (Wildman–Crippen MR) is 75.0 cm³/mol. The van der Waals surface area contributed by atoms with E-state index in [1.807, 2.05) is 32.0 Å². The first-order chi connectivity index (χ1) is 9.42. The maximum absolute atomic E-state index is 12.8. The molecule has 0 heterocycles. The molecule has 1 aliphatic carbocycles. The molecular formula is C15H21F3N2. The highest BCUT2D eigenvalue weighted by Gasteiger charge is 2.39. The summed E-state index contributed by atoms with van der Waals surface area (Å²) in [5, 5.41) is 3.27. The van der Waals surface area contributed by atoms with Gasteiger partial charge in [0.1, 0.15) is 6.54 Å². The van der Waals surface area contributed by atoms with Crippen molar-refractivity contribution >= 4 is 5.69 Å². The Morgan fingerprint density at radius 3 is 2.50 bits per heavy atom. The first kappa shape index (κ1) is 15.2. The van der Waals surface area contributed by atoms with E-state index in [0.29, 0.717) is 5.69 Å². The Labute approximate surface area is 118 Å². The molecule has 1 unspecified atom stereocenters. The molecule has 0 amide bonds. The fourth-order valence-corrected chi connectivity index (χ4v) is 2.52. The Balaban J connectivity index is 2.28. The minimum absolute atomic E-state index is 0.0339. The van der Waals surface area contributed by atoms with E-state index in [2.05, 4.69) is 5.32 Å². The minimum atomic E-state index is -4.17. The highest BCUT2D eigenvalue weighted by atomic mass is 19.4. The third kappa shape index (κ3) is 3.88. The Morgan fingerprint density at radius 1 is 1.30 bits per heavy atom. The quantitative estimate of drug-likeness (QED) is 0.853. The SMILES string of the molecule is CCNC(C)c1ccccc1N(CC(F)(F)F)C1CC1. The van der Waals surface area contributed by atoms with Gasteiger partial charge in [-0.2, -0.15) is 13.2 Å². The molecule has 0 aromatic heterocycles. The summed E-state index contributed by atoms with van der Waals surface area (Å²) in [6.07, 6.45) is -2.48. The van der Waals surface area contributed by atoms with Crippen LogP contribution in [0.1, 0.15) is 38.3 Å². The smallest absolute Gasteiger partial charge is 0.359 e. The van der Waals surface area contributed by atoms with Crippen LogP contribution in [-0.2, 0) is 0 Å². The van der Waals surface area contributed by atoms with Crippen molar-refractivity contribution < 1.29 is 13.2 Å². The van der Waals surface area contributed by atoms with Gasteiger partial charge in [0.15, 0.2) is 0 Å². The number of nitrogens with one attached hydrogen (secondary N) is 1. The summed E-state index contributed by atoms with van der Waals surface area (Å²) in [6.45, 7) is 3.90. The topological polar surface area (TPSA) is 15.3 Å². The van der Waals surface area contributed by atoms with E-state index >= 15 is 0 Å². The van der Waals surface area contributed by atoms with Crippen molar-refractivity contribution in [2.75, 3.05) is 18.0 Å². The van der Waals surface area contributed by atoms with Crippen LogP contribution in [0.25, 0.3) is 0 Å². The number of hydrogen-bond donors (Lipinski definition) is 1. The zero-order chi connectivity index (χ0) is 14.8. The summed E-state index contributed by atoms with van der Waals surface area (Å²) < 4.78 is 38.4. The first-order valence-corrected chi connectivity index (χ1v) is 7.08. The van der Waals surface area contributed by atoms with Gasteiger partial charge in [0.25, 0.3) is 0 Å². The lowest BCUT2D eigenvalue weighted by Gasteiger charge is -2.30. The predicted octanol–water partition coefficient (Wildman–Crippen LogP) is 3.89. The number of rotatable bonds is 6. The molecule has 0 spiro atoms. The van der Waals surface area contributed by atoms with E-state index in [1.165, 1.54) is 4.90 Å². The molecule has 1 fully saturated rings. The van der Waals surface area contributed by atoms with Gasteiger partial charge in [0.05, 0.1) is 0 Å². The van der Waals surface area contributed by atoms with Crippen molar-refractivity contribution in [2.45, 2.75) is 44.9 Å². The number of anilines is 1. The molecule has 1 aromatic carbocycles. The Hall–Kier alpha value is -1.23. The van der Waals surface area contributed by atoms with Crippen molar-refractivity contribution in [3.05, 3.63) is 29.8 Å². The van der Waals surface area contributed by atoms with Crippen molar-refractivity contribution in [2.24, 2.45) is 0 Å². The van der Waals surface area contributed by atoms with Crippen LogP contribution in [-0.4, -0.2) is 25.3 Å². The number of alkyl halides is 3. The van der Waals surface area contributed by atoms with E-state index in [-0.39, 0.29) is 12.1 Å². The number of para-hydroxylation sites is 1. The molecule has 0 aliphatic heterocycles. The molecule has 2 rings (SSSR count). The Morgan fingerprint density at radius 2 is 1.95 bits per heavy atom. The molecule has 1 saturated carbocycles. The van der Waals surface area contributed by atoms with E-state index in [9.17, 15) is 13.2 Å². The molecule has 1 N–H and O–H groups in total. The fraction of sp³-hybridized carbons (Fsp3) is 0.600. The second-order valence-electron chi connectivity index (χ2n) is 5.31. The molecule has 0 bridgehead atoms. The molecule has 1 aliphatic rings. The average molecular weight is 286 g/mol. The summed E-state index contributed by atoms with van der Waals surface area (Å²) in [5.41, 5.74) is 1.64. The largest absolute Gasteiger partial charge is 0.405 e. The van der Waals surface area contributed by atoms with Crippen LogP contribution in [0.3, 0.4) is 0 Å². The molecule has 0 radical (unpaired) electrons. The molecule has 0 saturated heterocycles. The van der Waals surface area contributed by atoms with E-state index < -0.39 is 12.7 Å². The zero-order valence-electron chi connectivity index (χ0n) is 11.9. The summed E-state index contributed by atoms with van der Waals surface area (Å²) in [7, 11) is 0. The van der Waals surface area contributed by atoms with Crippen molar-refractivity contribution in [3.8, 4) is 0 Å². The lowest BCUT2D eigenvalue weighted by molar-refractivity contribution is -0.120. The molecule has 1 atom stereocenters. The number of halogens is 3. The van der Waals surface area contributed by atoms with Crippen molar-refractivity contribution in [1.82, 2.24) is 5.32 Å². The third-order valence-electron chi connectivity index (χ3n) is 3.56. The van der Waals surface area contributed by atoms with Gasteiger partial charge in [-0.3, -0.25) is 0 Å². The monoisotopic (exact) mass is 286 g/mol. The summed E-state index contributed by atoms with van der Waals surface area (Å²) >= 11 is 0. The Bertz CT molecular complexity index is 441. The van der Waals surface area contributed by atoms with Crippen LogP contribution in [0.4, 0.5) is 18.9 Å². The normalized spacial score (nSPS) is 17.1. The summed E-state index contributed by atoms with van der Waals surface area (Å²) in [6, 6.07) is 7.48. The molecule has 20 heavy (non-hydrogen) atoms. The van der Waals surface area contributed by atoms with Gasteiger partial charge in [-0.05, 0) is 37.9 Å². The average Bonchev–Trinajstić information content (AvgIpc) is 3.19. The third-order valence-corrected chi connectivity index (χ3v) is 3.56.